The van der Waals surface area contributed by atoms with Crippen molar-refractivity contribution >= 4 is 17.6 Å². The molecule has 2 aromatic rings. The van der Waals surface area contributed by atoms with E-state index in [1.54, 1.807) is 0 Å². The van der Waals surface area contributed by atoms with Crippen LogP contribution in [0.1, 0.15) is 30.4 Å². The molecule has 2 aliphatic rings. The Balaban J connectivity index is 1.29. The molecule has 0 radical (unpaired) electrons. The highest BCUT2D eigenvalue weighted by Crippen LogP contribution is 2.25. The number of urea groups is 1. The molecule has 1 saturated heterocycles. The first kappa shape index (κ1) is 23.1. The maximum Gasteiger partial charge on any atom is 0.319 e. The normalized spacial score (nSPS) is 22.4. The molecular formula is C24H27F2N3O4. The van der Waals surface area contributed by atoms with Crippen molar-refractivity contribution in [3.05, 3.63) is 65.2 Å². The Hall–Kier alpha value is -3.04. The lowest BCUT2D eigenvalue weighted by atomic mass is 9.96. The Morgan fingerprint density at radius 1 is 1.12 bits per heavy atom. The van der Waals surface area contributed by atoms with Crippen LogP contribution in [-0.2, 0) is 22.5 Å². The van der Waals surface area contributed by atoms with Crippen LogP contribution in [0.4, 0.5) is 19.3 Å². The topological polar surface area (TPSA) is 90.9 Å². The minimum atomic E-state index is -0.760. The van der Waals surface area contributed by atoms with E-state index in [1.165, 1.54) is 5.56 Å². The minimum Gasteiger partial charge on any atom is -0.394 e. The maximum atomic E-state index is 13.7. The van der Waals surface area contributed by atoms with Crippen LogP contribution in [0.25, 0.3) is 0 Å². The molecule has 9 heteroatoms. The molecule has 2 aliphatic heterocycles. The van der Waals surface area contributed by atoms with E-state index in [9.17, 15) is 23.5 Å². The summed E-state index contributed by atoms with van der Waals surface area (Å²) in [6.45, 7) is 0.889. The Morgan fingerprint density at radius 3 is 2.70 bits per heavy atom. The van der Waals surface area contributed by atoms with Gasteiger partial charge in [0.15, 0.2) is 0 Å². The second-order valence-electron chi connectivity index (χ2n) is 8.42. The van der Waals surface area contributed by atoms with Gasteiger partial charge >= 0.3 is 6.03 Å². The SMILES string of the molecule is O=C(Nc1cc(F)ccc1F)N[C@@H]1CC[C@@H](CC(=O)N2CCc3ccccc3C2)O[C@@H]1CO. The molecule has 4 rings (SSSR count). The summed E-state index contributed by atoms with van der Waals surface area (Å²) in [5, 5.41) is 14.7. The molecule has 0 unspecified atom stereocenters. The molecule has 0 saturated carbocycles. The molecule has 2 heterocycles. The molecule has 176 valence electrons. The van der Waals surface area contributed by atoms with Crippen LogP contribution < -0.4 is 10.6 Å². The number of carbonyl (C=O) groups is 2. The summed E-state index contributed by atoms with van der Waals surface area (Å²) in [5.41, 5.74) is 2.14. The van der Waals surface area contributed by atoms with Gasteiger partial charge in [0.05, 0.1) is 30.9 Å². The summed E-state index contributed by atoms with van der Waals surface area (Å²) in [4.78, 5) is 26.9. The van der Waals surface area contributed by atoms with Crippen LogP contribution in [0.5, 0.6) is 0 Å². The van der Waals surface area contributed by atoms with Gasteiger partial charge in [-0.05, 0) is 42.5 Å². The summed E-state index contributed by atoms with van der Waals surface area (Å²) in [7, 11) is 0. The highest BCUT2D eigenvalue weighted by atomic mass is 19.1. The zero-order chi connectivity index (χ0) is 23.4. The standard InChI is InChI=1S/C24H27F2N3O4/c25-17-5-7-19(26)21(11-17)28-24(32)27-20-8-6-18(33-22(20)14-30)12-23(31)29-10-9-15-3-1-2-4-16(15)13-29/h1-5,7,11,18,20,22,30H,6,8-10,12-14H2,(H2,27,28,32)/t18-,20+,22+/m0/s1. The maximum absolute atomic E-state index is 13.7. The van der Waals surface area contributed by atoms with Crippen LogP contribution in [0.15, 0.2) is 42.5 Å². The van der Waals surface area contributed by atoms with E-state index in [0.29, 0.717) is 25.9 Å². The predicted molar refractivity (Wildman–Crippen MR) is 117 cm³/mol. The average molecular weight is 459 g/mol. The monoisotopic (exact) mass is 459 g/mol. The smallest absolute Gasteiger partial charge is 0.319 e. The molecule has 3 atom stereocenters. The predicted octanol–water partition coefficient (Wildman–Crippen LogP) is 2.97. The van der Waals surface area contributed by atoms with E-state index in [-0.39, 0.29) is 30.7 Å². The first-order valence-electron chi connectivity index (χ1n) is 11.1. The second kappa shape index (κ2) is 10.3. The fourth-order valence-electron chi connectivity index (χ4n) is 4.40. The quantitative estimate of drug-likeness (QED) is 0.641. The van der Waals surface area contributed by atoms with Crippen LogP contribution in [0.3, 0.4) is 0 Å². The number of nitrogens with zero attached hydrogens (tertiary/aromatic N) is 1. The summed E-state index contributed by atoms with van der Waals surface area (Å²) in [5.74, 6) is -1.44. The van der Waals surface area contributed by atoms with E-state index in [1.807, 2.05) is 23.1 Å². The fraction of sp³-hybridized carbons (Fsp3) is 0.417. The number of anilines is 1. The number of aliphatic hydroxyl groups excluding tert-OH is 1. The van der Waals surface area contributed by atoms with E-state index in [4.69, 9.17) is 4.74 Å². The zero-order valence-electron chi connectivity index (χ0n) is 18.1. The highest BCUT2D eigenvalue weighted by molar-refractivity contribution is 5.89. The number of carbonyl (C=O) groups excluding carboxylic acids is 2. The Labute approximate surface area is 190 Å². The van der Waals surface area contributed by atoms with Crippen molar-refractivity contribution < 1.29 is 28.2 Å². The van der Waals surface area contributed by atoms with E-state index >= 15 is 0 Å². The van der Waals surface area contributed by atoms with Gasteiger partial charge in [0, 0.05) is 19.2 Å². The van der Waals surface area contributed by atoms with Crippen molar-refractivity contribution in [2.45, 2.75) is 50.5 Å². The van der Waals surface area contributed by atoms with Crippen LogP contribution in [-0.4, -0.2) is 53.3 Å². The molecule has 0 spiro atoms. The summed E-state index contributed by atoms with van der Waals surface area (Å²) >= 11 is 0. The third-order valence-electron chi connectivity index (χ3n) is 6.17. The van der Waals surface area contributed by atoms with Crippen molar-refractivity contribution in [3.8, 4) is 0 Å². The highest BCUT2D eigenvalue weighted by Gasteiger charge is 2.34. The molecule has 33 heavy (non-hydrogen) atoms. The molecule has 0 aromatic heterocycles. The number of nitrogens with one attached hydrogen (secondary N) is 2. The van der Waals surface area contributed by atoms with Crippen molar-refractivity contribution in [1.29, 1.82) is 0 Å². The van der Waals surface area contributed by atoms with Gasteiger partial charge in [0.25, 0.3) is 0 Å². The summed E-state index contributed by atoms with van der Waals surface area (Å²) in [6.07, 6.45) is 0.943. The van der Waals surface area contributed by atoms with Gasteiger partial charge in [-0.3, -0.25) is 4.79 Å². The Bertz CT molecular complexity index is 1020. The molecule has 3 N–H and O–H groups in total. The molecule has 0 aliphatic carbocycles. The van der Waals surface area contributed by atoms with Gasteiger partial charge in [0.2, 0.25) is 5.91 Å². The number of hydrogen-bond acceptors (Lipinski definition) is 4. The minimum absolute atomic E-state index is 0.00285. The number of hydrogen-bond donors (Lipinski definition) is 3. The van der Waals surface area contributed by atoms with Gasteiger partial charge in [-0.2, -0.15) is 0 Å². The van der Waals surface area contributed by atoms with Crippen LogP contribution in [0.2, 0.25) is 0 Å². The molecular weight excluding hydrogens is 432 g/mol. The lowest BCUT2D eigenvalue weighted by Crippen LogP contribution is -2.52. The number of amides is 3. The van der Waals surface area contributed by atoms with Gasteiger partial charge < -0.3 is 25.4 Å². The molecule has 3 amide bonds. The lowest BCUT2D eigenvalue weighted by molar-refractivity contribution is -0.141. The first-order valence-corrected chi connectivity index (χ1v) is 11.1. The van der Waals surface area contributed by atoms with E-state index in [2.05, 4.69) is 16.7 Å². The number of ether oxygens (including phenoxy) is 1. The third-order valence-corrected chi connectivity index (χ3v) is 6.17. The zero-order valence-corrected chi connectivity index (χ0v) is 18.1. The number of halogens is 2. The van der Waals surface area contributed by atoms with Crippen molar-refractivity contribution in [3.63, 3.8) is 0 Å². The lowest BCUT2D eigenvalue weighted by Gasteiger charge is -2.37. The first-order chi connectivity index (χ1) is 15.9. The second-order valence-corrected chi connectivity index (χ2v) is 8.42. The molecule has 0 bridgehead atoms. The van der Waals surface area contributed by atoms with Crippen molar-refractivity contribution in [1.82, 2.24) is 10.2 Å². The summed E-state index contributed by atoms with van der Waals surface area (Å²) < 4.78 is 33.0. The molecule has 1 fully saturated rings. The van der Waals surface area contributed by atoms with Crippen molar-refractivity contribution in [2.24, 2.45) is 0 Å². The number of benzene rings is 2. The third kappa shape index (κ3) is 5.66. The van der Waals surface area contributed by atoms with E-state index < -0.39 is 29.8 Å². The van der Waals surface area contributed by atoms with Gasteiger partial charge in [0.1, 0.15) is 17.7 Å². The number of rotatable bonds is 5. The number of fused-ring (bicyclic) bond motifs is 1. The van der Waals surface area contributed by atoms with Gasteiger partial charge in [-0.25, -0.2) is 13.6 Å². The largest absolute Gasteiger partial charge is 0.394 e. The number of aliphatic hydroxyl groups is 1. The van der Waals surface area contributed by atoms with Gasteiger partial charge in [-0.1, -0.05) is 24.3 Å². The van der Waals surface area contributed by atoms with E-state index in [0.717, 1.165) is 30.2 Å². The molecule has 2 aromatic carbocycles. The van der Waals surface area contributed by atoms with Crippen LogP contribution >= 0.6 is 0 Å². The van der Waals surface area contributed by atoms with Crippen molar-refractivity contribution in [2.75, 3.05) is 18.5 Å². The average Bonchev–Trinajstić information content (AvgIpc) is 2.82. The Morgan fingerprint density at radius 2 is 1.91 bits per heavy atom. The van der Waals surface area contributed by atoms with Crippen LogP contribution in [0, 0.1) is 11.6 Å². The fourth-order valence-corrected chi connectivity index (χ4v) is 4.40. The summed E-state index contributed by atoms with van der Waals surface area (Å²) in [6, 6.07) is 9.59. The Kier molecular flexibility index (Phi) is 7.20. The van der Waals surface area contributed by atoms with Gasteiger partial charge in [-0.15, -0.1) is 0 Å². The molecule has 7 nitrogen and oxygen atoms in total.